The molecule has 0 bridgehead atoms. The summed E-state index contributed by atoms with van der Waals surface area (Å²) in [5, 5.41) is 0. The first-order valence-electron chi connectivity index (χ1n) is 5.15. The fourth-order valence-corrected chi connectivity index (χ4v) is 2.22. The van der Waals surface area contributed by atoms with Crippen molar-refractivity contribution in [3.8, 4) is 0 Å². The van der Waals surface area contributed by atoms with E-state index >= 15 is 0 Å². The van der Waals surface area contributed by atoms with Crippen LogP contribution in [0.3, 0.4) is 0 Å². The molecule has 1 heterocycles. The summed E-state index contributed by atoms with van der Waals surface area (Å²) < 4.78 is 13.3. The summed E-state index contributed by atoms with van der Waals surface area (Å²) in [6.45, 7) is 0. The predicted octanol–water partition coefficient (Wildman–Crippen LogP) is 2.83. The number of hydrogen-bond donors (Lipinski definition) is 1. The number of aromatic nitrogens is 1. The Balaban J connectivity index is 0.00000112. The lowest BCUT2D eigenvalue weighted by Crippen LogP contribution is -2.20. The molecule has 0 aliphatic heterocycles. The summed E-state index contributed by atoms with van der Waals surface area (Å²) in [4.78, 5) is 3.62. The predicted molar refractivity (Wildman–Crippen MR) is 60.3 cm³/mol. The Morgan fingerprint density at radius 3 is 2.67 bits per heavy atom. The average molecular weight is 231 g/mol. The number of hydrogen-bond acceptors (Lipinski definition) is 2. The first-order chi connectivity index (χ1) is 6.79. The van der Waals surface area contributed by atoms with Gasteiger partial charge in [0.1, 0.15) is 0 Å². The fourth-order valence-electron chi connectivity index (χ4n) is 2.22. The molecular formula is C11H16ClFN2. The van der Waals surface area contributed by atoms with Crippen LogP contribution in [-0.4, -0.2) is 4.98 Å². The number of nitrogens with zero attached hydrogens (tertiary/aromatic N) is 1. The van der Waals surface area contributed by atoms with Crippen LogP contribution in [0.4, 0.5) is 4.39 Å². The highest BCUT2D eigenvalue weighted by atomic mass is 35.5. The van der Waals surface area contributed by atoms with Gasteiger partial charge in [0.05, 0.1) is 0 Å². The Morgan fingerprint density at radius 2 is 2.07 bits per heavy atom. The maximum atomic E-state index is 13.3. The molecule has 1 fully saturated rings. The van der Waals surface area contributed by atoms with Gasteiger partial charge in [-0.1, -0.05) is 18.9 Å². The third-order valence-corrected chi connectivity index (χ3v) is 3.05. The van der Waals surface area contributed by atoms with Crippen LogP contribution in [0.2, 0.25) is 0 Å². The molecule has 0 amide bonds. The van der Waals surface area contributed by atoms with Crippen LogP contribution in [0.15, 0.2) is 18.3 Å². The average Bonchev–Trinajstić information content (AvgIpc) is 2.70. The van der Waals surface area contributed by atoms with Crippen LogP contribution in [0.1, 0.15) is 37.3 Å². The van der Waals surface area contributed by atoms with Crippen molar-refractivity contribution in [1.29, 1.82) is 0 Å². The Hall–Kier alpha value is -0.670. The normalized spacial score (nSPS) is 18.5. The van der Waals surface area contributed by atoms with Crippen molar-refractivity contribution < 1.29 is 4.39 Å². The molecule has 1 atom stereocenters. The smallest absolute Gasteiger partial charge is 0.217 e. The lowest BCUT2D eigenvalue weighted by Gasteiger charge is -2.18. The van der Waals surface area contributed by atoms with E-state index < -0.39 is 5.95 Å². The minimum atomic E-state index is -0.410. The van der Waals surface area contributed by atoms with Gasteiger partial charge in [-0.3, -0.25) is 0 Å². The van der Waals surface area contributed by atoms with Crippen LogP contribution in [0.25, 0.3) is 0 Å². The zero-order valence-corrected chi connectivity index (χ0v) is 9.34. The highest BCUT2D eigenvalue weighted by molar-refractivity contribution is 5.85. The largest absolute Gasteiger partial charge is 0.324 e. The second-order valence-electron chi connectivity index (χ2n) is 3.95. The Kier molecular flexibility index (Phi) is 4.48. The third kappa shape index (κ3) is 2.67. The molecule has 0 radical (unpaired) electrons. The van der Waals surface area contributed by atoms with Gasteiger partial charge >= 0.3 is 0 Å². The summed E-state index contributed by atoms with van der Waals surface area (Å²) in [5.41, 5.74) is 6.59. The standard InChI is InChI=1S/C11H15FN2.ClH/c12-11-9(6-3-7-14-11)10(13)8-4-1-2-5-8;/h3,6-8,10H,1-2,4-5,13H2;1H/t10-;/m0./s1. The van der Waals surface area contributed by atoms with Gasteiger partial charge in [-0.25, -0.2) is 4.98 Å². The van der Waals surface area contributed by atoms with Gasteiger partial charge in [0.15, 0.2) is 0 Å². The van der Waals surface area contributed by atoms with Crippen molar-refractivity contribution in [2.75, 3.05) is 0 Å². The molecule has 1 aliphatic rings. The van der Waals surface area contributed by atoms with Gasteiger partial charge in [-0.05, 0) is 24.8 Å². The van der Waals surface area contributed by atoms with E-state index in [9.17, 15) is 4.39 Å². The molecule has 2 rings (SSSR count). The van der Waals surface area contributed by atoms with E-state index in [0.717, 1.165) is 12.8 Å². The van der Waals surface area contributed by atoms with Crippen LogP contribution in [0, 0.1) is 11.9 Å². The fraction of sp³-hybridized carbons (Fsp3) is 0.545. The molecule has 1 aromatic heterocycles. The van der Waals surface area contributed by atoms with E-state index in [2.05, 4.69) is 4.98 Å². The summed E-state index contributed by atoms with van der Waals surface area (Å²) >= 11 is 0. The molecule has 1 saturated carbocycles. The van der Waals surface area contributed by atoms with Crippen molar-refractivity contribution in [1.82, 2.24) is 4.98 Å². The monoisotopic (exact) mass is 230 g/mol. The lowest BCUT2D eigenvalue weighted by atomic mass is 9.93. The van der Waals surface area contributed by atoms with Crippen LogP contribution >= 0.6 is 12.4 Å². The van der Waals surface area contributed by atoms with E-state index in [0.29, 0.717) is 11.5 Å². The molecule has 2 N–H and O–H groups in total. The van der Waals surface area contributed by atoms with Crippen LogP contribution in [0.5, 0.6) is 0 Å². The molecular weight excluding hydrogens is 215 g/mol. The maximum Gasteiger partial charge on any atom is 0.217 e. The quantitative estimate of drug-likeness (QED) is 0.794. The molecule has 0 unspecified atom stereocenters. The molecule has 0 saturated heterocycles. The highest BCUT2D eigenvalue weighted by Gasteiger charge is 2.25. The van der Waals surface area contributed by atoms with Gasteiger partial charge < -0.3 is 5.73 Å². The summed E-state index contributed by atoms with van der Waals surface area (Å²) in [6, 6.07) is 3.31. The topological polar surface area (TPSA) is 38.9 Å². The molecule has 84 valence electrons. The summed E-state index contributed by atoms with van der Waals surface area (Å²) in [5.74, 6) is 0.0283. The minimum absolute atomic E-state index is 0. The second-order valence-corrected chi connectivity index (χ2v) is 3.95. The zero-order valence-electron chi connectivity index (χ0n) is 8.53. The zero-order chi connectivity index (χ0) is 9.97. The Labute approximate surface area is 95.5 Å². The number of rotatable bonds is 2. The van der Waals surface area contributed by atoms with Gasteiger partial charge in [0.25, 0.3) is 0 Å². The molecule has 1 aromatic rings. The Morgan fingerprint density at radius 1 is 1.40 bits per heavy atom. The number of nitrogens with two attached hydrogens (primary N) is 1. The van der Waals surface area contributed by atoms with Gasteiger partial charge in [0, 0.05) is 17.8 Å². The van der Waals surface area contributed by atoms with E-state index in [4.69, 9.17) is 5.73 Å². The van der Waals surface area contributed by atoms with Crippen LogP contribution in [-0.2, 0) is 0 Å². The van der Waals surface area contributed by atoms with Crippen LogP contribution < -0.4 is 5.73 Å². The van der Waals surface area contributed by atoms with E-state index in [1.807, 2.05) is 0 Å². The molecule has 4 heteroatoms. The van der Waals surface area contributed by atoms with Gasteiger partial charge in [0.2, 0.25) is 5.95 Å². The first-order valence-corrected chi connectivity index (χ1v) is 5.15. The number of pyridine rings is 1. The third-order valence-electron chi connectivity index (χ3n) is 3.05. The lowest BCUT2D eigenvalue weighted by molar-refractivity contribution is 0.422. The van der Waals surface area contributed by atoms with Crippen molar-refractivity contribution in [3.05, 3.63) is 29.8 Å². The molecule has 15 heavy (non-hydrogen) atoms. The molecule has 0 spiro atoms. The minimum Gasteiger partial charge on any atom is -0.324 e. The van der Waals surface area contributed by atoms with E-state index in [1.54, 1.807) is 12.1 Å². The molecule has 1 aliphatic carbocycles. The summed E-state index contributed by atoms with van der Waals surface area (Å²) in [7, 11) is 0. The van der Waals surface area contributed by atoms with Gasteiger partial charge in [-0.2, -0.15) is 4.39 Å². The highest BCUT2D eigenvalue weighted by Crippen LogP contribution is 2.34. The van der Waals surface area contributed by atoms with Crippen molar-refractivity contribution in [2.45, 2.75) is 31.7 Å². The molecule has 0 aromatic carbocycles. The maximum absolute atomic E-state index is 13.3. The van der Waals surface area contributed by atoms with E-state index in [-0.39, 0.29) is 18.4 Å². The second kappa shape index (κ2) is 5.42. The van der Waals surface area contributed by atoms with Crippen molar-refractivity contribution in [3.63, 3.8) is 0 Å². The van der Waals surface area contributed by atoms with Gasteiger partial charge in [-0.15, -0.1) is 12.4 Å². The van der Waals surface area contributed by atoms with E-state index in [1.165, 1.54) is 19.0 Å². The summed E-state index contributed by atoms with van der Waals surface area (Å²) in [6.07, 6.45) is 6.14. The Bertz CT molecular complexity index is 313. The number of halogens is 2. The molecule has 2 nitrogen and oxygen atoms in total. The van der Waals surface area contributed by atoms with Crippen molar-refractivity contribution in [2.24, 2.45) is 11.7 Å². The first kappa shape index (κ1) is 12.4. The SMILES string of the molecule is Cl.N[C@H](c1cccnc1F)C1CCCC1. The van der Waals surface area contributed by atoms with Crippen molar-refractivity contribution >= 4 is 12.4 Å².